The maximum Gasteiger partial charge on any atom is 0.323 e. The van der Waals surface area contributed by atoms with E-state index in [9.17, 15) is 4.79 Å². The Bertz CT molecular complexity index is 686. The Kier molecular flexibility index (Phi) is 4.52. The number of nitrogens with zero attached hydrogens (tertiary/aromatic N) is 5. The van der Waals surface area contributed by atoms with Crippen molar-refractivity contribution in [3.8, 4) is 0 Å². The topological polar surface area (TPSA) is 85.2 Å². The molecule has 2 aromatic heterocycles. The molecule has 23 heavy (non-hydrogen) atoms. The van der Waals surface area contributed by atoms with E-state index in [1.54, 1.807) is 17.3 Å². The highest BCUT2D eigenvalue weighted by atomic mass is 16.5. The molecule has 8 heteroatoms. The molecule has 1 unspecified atom stereocenters. The average Bonchev–Trinajstić information content (AvgIpc) is 3.03. The van der Waals surface area contributed by atoms with Crippen LogP contribution in [0.4, 0.5) is 10.6 Å². The van der Waals surface area contributed by atoms with Crippen molar-refractivity contribution < 1.29 is 9.53 Å². The molecule has 0 bridgehead atoms. The smallest absolute Gasteiger partial charge is 0.323 e. The zero-order chi connectivity index (χ0) is 16.2. The molecule has 0 aromatic carbocycles. The van der Waals surface area contributed by atoms with Crippen LogP contribution in [0.2, 0.25) is 0 Å². The number of carbonyl (C=O) groups excluding carboxylic acids is 1. The van der Waals surface area contributed by atoms with Crippen LogP contribution in [0.1, 0.15) is 24.5 Å². The van der Waals surface area contributed by atoms with Gasteiger partial charge in [0.2, 0.25) is 0 Å². The molecule has 3 heterocycles. The van der Waals surface area contributed by atoms with Crippen molar-refractivity contribution in [3.63, 3.8) is 0 Å². The molecule has 2 aromatic rings. The van der Waals surface area contributed by atoms with Crippen LogP contribution in [0.15, 0.2) is 24.5 Å². The number of urea groups is 1. The van der Waals surface area contributed by atoms with Crippen LogP contribution in [-0.4, -0.2) is 50.4 Å². The van der Waals surface area contributed by atoms with Crippen molar-refractivity contribution in [1.29, 1.82) is 0 Å². The fourth-order valence-corrected chi connectivity index (χ4v) is 2.55. The van der Waals surface area contributed by atoms with Crippen LogP contribution >= 0.6 is 0 Å². The van der Waals surface area contributed by atoms with Gasteiger partial charge in [-0.3, -0.25) is 5.32 Å². The highest BCUT2D eigenvalue weighted by Gasteiger charge is 2.28. The molecule has 3 rings (SSSR count). The van der Waals surface area contributed by atoms with Crippen molar-refractivity contribution in [2.75, 3.05) is 25.0 Å². The number of anilines is 1. The van der Waals surface area contributed by atoms with Gasteiger partial charge in [-0.1, -0.05) is 6.07 Å². The highest BCUT2D eigenvalue weighted by Crippen LogP contribution is 2.21. The van der Waals surface area contributed by atoms with Gasteiger partial charge in [-0.25, -0.2) is 9.78 Å². The minimum absolute atomic E-state index is 0.182. The minimum Gasteiger partial charge on any atom is -0.366 e. The van der Waals surface area contributed by atoms with Gasteiger partial charge in [-0.2, -0.15) is 0 Å². The Morgan fingerprint density at radius 1 is 1.48 bits per heavy atom. The number of morpholine rings is 1. The monoisotopic (exact) mass is 316 g/mol. The van der Waals surface area contributed by atoms with E-state index in [1.807, 2.05) is 30.5 Å². The van der Waals surface area contributed by atoms with Crippen molar-refractivity contribution in [1.82, 2.24) is 24.6 Å². The molecule has 0 spiro atoms. The Hall–Kier alpha value is -2.48. The first-order valence-corrected chi connectivity index (χ1v) is 7.66. The zero-order valence-corrected chi connectivity index (χ0v) is 13.3. The van der Waals surface area contributed by atoms with Gasteiger partial charge in [-0.15, -0.1) is 10.2 Å². The summed E-state index contributed by atoms with van der Waals surface area (Å²) >= 11 is 0. The summed E-state index contributed by atoms with van der Waals surface area (Å²) in [5.74, 6) is 1.30. The summed E-state index contributed by atoms with van der Waals surface area (Å²) in [5, 5.41) is 10.9. The number of nitrogens with one attached hydrogen (secondary N) is 1. The Labute approximate surface area is 134 Å². The fraction of sp³-hybridized carbons (Fsp3) is 0.467. The van der Waals surface area contributed by atoms with Crippen LogP contribution in [0.3, 0.4) is 0 Å². The summed E-state index contributed by atoms with van der Waals surface area (Å²) in [6, 6.07) is 5.34. The van der Waals surface area contributed by atoms with Crippen LogP contribution < -0.4 is 5.32 Å². The van der Waals surface area contributed by atoms with Gasteiger partial charge in [0.1, 0.15) is 18.2 Å². The quantitative estimate of drug-likeness (QED) is 0.930. The summed E-state index contributed by atoms with van der Waals surface area (Å²) in [6.07, 6.45) is 1.41. The number of hydrogen-bond donors (Lipinski definition) is 1. The standard InChI is InChI=1S/C15H20N6O2/c1-3-20-10-16-19-14(20)12-9-21(7-8-23-12)15(22)18-13-6-4-5-11(2)17-13/h4-6,10,12H,3,7-9H2,1-2H3,(H,17,18,22). The van der Waals surface area contributed by atoms with Crippen LogP contribution in [-0.2, 0) is 11.3 Å². The van der Waals surface area contributed by atoms with Gasteiger partial charge in [-0.05, 0) is 26.0 Å². The largest absolute Gasteiger partial charge is 0.366 e. The molecule has 1 aliphatic rings. The molecule has 1 N–H and O–H groups in total. The molecule has 122 valence electrons. The van der Waals surface area contributed by atoms with Gasteiger partial charge < -0.3 is 14.2 Å². The molecule has 0 radical (unpaired) electrons. The lowest BCUT2D eigenvalue weighted by Gasteiger charge is -2.32. The molecule has 1 fully saturated rings. The molecule has 0 saturated carbocycles. The van der Waals surface area contributed by atoms with E-state index in [0.717, 1.165) is 18.1 Å². The second kappa shape index (κ2) is 6.74. The first kappa shape index (κ1) is 15.4. The van der Waals surface area contributed by atoms with E-state index in [0.29, 0.717) is 25.5 Å². The fourth-order valence-electron chi connectivity index (χ4n) is 2.55. The molecule has 1 saturated heterocycles. The van der Waals surface area contributed by atoms with Crippen LogP contribution in [0.25, 0.3) is 0 Å². The van der Waals surface area contributed by atoms with Gasteiger partial charge in [0, 0.05) is 18.8 Å². The highest BCUT2D eigenvalue weighted by molar-refractivity contribution is 5.88. The van der Waals surface area contributed by atoms with Gasteiger partial charge in [0.25, 0.3) is 0 Å². The Morgan fingerprint density at radius 3 is 3.13 bits per heavy atom. The van der Waals surface area contributed by atoms with Crippen molar-refractivity contribution >= 4 is 11.8 Å². The molecule has 2 amide bonds. The van der Waals surface area contributed by atoms with Gasteiger partial charge in [0.15, 0.2) is 5.82 Å². The first-order chi connectivity index (χ1) is 11.2. The number of amides is 2. The normalized spacial score (nSPS) is 18.0. The average molecular weight is 316 g/mol. The lowest BCUT2D eigenvalue weighted by atomic mass is 10.2. The van der Waals surface area contributed by atoms with Crippen molar-refractivity contribution in [2.45, 2.75) is 26.5 Å². The number of rotatable bonds is 3. The summed E-state index contributed by atoms with van der Waals surface area (Å²) in [5.41, 5.74) is 0.860. The van der Waals surface area contributed by atoms with E-state index in [4.69, 9.17) is 4.74 Å². The Balaban J connectivity index is 1.67. The number of pyridine rings is 1. The molecule has 0 aliphatic carbocycles. The van der Waals surface area contributed by atoms with E-state index in [-0.39, 0.29) is 12.1 Å². The Morgan fingerprint density at radius 2 is 2.35 bits per heavy atom. The van der Waals surface area contributed by atoms with Crippen LogP contribution in [0, 0.1) is 6.92 Å². The molecule has 1 aliphatic heterocycles. The predicted molar refractivity (Wildman–Crippen MR) is 84.0 cm³/mol. The third-order valence-electron chi connectivity index (χ3n) is 3.75. The summed E-state index contributed by atoms with van der Waals surface area (Å²) in [4.78, 5) is 18.4. The number of aromatic nitrogens is 4. The minimum atomic E-state index is -0.262. The maximum atomic E-state index is 12.4. The third-order valence-corrected chi connectivity index (χ3v) is 3.75. The van der Waals surface area contributed by atoms with E-state index in [1.165, 1.54) is 0 Å². The van der Waals surface area contributed by atoms with E-state index >= 15 is 0 Å². The van der Waals surface area contributed by atoms with E-state index in [2.05, 4.69) is 20.5 Å². The molecule has 1 atom stereocenters. The lowest BCUT2D eigenvalue weighted by molar-refractivity contribution is -0.0199. The van der Waals surface area contributed by atoms with Crippen molar-refractivity contribution in [2.24, 2.45) is 0 Å². The molecular weight excluding hydrogens is 296 g/mol. The lowest BCUT2D eigenvalue weighted by Crippen LogP contribution is -2.45. The molecular formula is C15H20N6O2. The summed E-state index contributed by atoms with van der Waals surface area (Å²) < 4.78 is 7.68. The first-order valence-electron chi connectivity index (χ1n) is 7.66. The number of hydrogen-bond acceptors (Lipinski definition) is 5. The second-order valence-electron chi connectivity index (χ2n) is 5.37. The second-order valence-corrected chi connectivity index (χ2v) is 5.37. The predicted octanol–water partition coefficient (Wildman–Crippen LogP) is 1.61. The summed E-state index contributed by atoms with van der Waals surface area (Å²) in [7, 11) is 0. The number of carbonyl (C=O) groups is 1. The molecule has 8 nitrogen and oxygen atoms in total. The maximum absolute atomic E-state index is 12.4. The van der Waals surface area contributed by atoms with Crippen molar-refractivity contribution in [3.05, 3.63) is 36.0 Å². The zero-order valence-electron chi connectivity index (χ0n) is 13.3. The SMILES string of the molecule is CCn1cnnc1C1CN(C(=O)Nc2cccc(C)n2)CCO1. The van der Waals surface area contributed by atoms with E-state index < -0.39 is 0 Å². The van der Waals surface area contributed by atoms with Crippen LogP contribution in [0.5, 0.6) is 0 Å². The number of ether oxygens (including phenoxy) is 1. The summed E-state index contributed by atoms with van der Waals surface area (Å²) in [6.45, 7) is 6.11. The van der Waals surface area contributed by atoms with Gasteiger partial charge in [0.05, 0.1) is 13.2 Å². The number of aryl methyl sites for hydroxylation is 2. The third kappa shape index (κ3) is 3.48. The van der Waals surface area contributed by atoms with Gasteiger partial charge >= 0.3 is 6.03 Å².